The predicted molar refractivity (Wildman–Crippen MR) is 124 cm³/mol. The number of nitrogens with zero attached hydrogens (tertiary/aromatic N) is 3. The second-order valence-corrected chi connectivity index (χ2v) is 8.58. The van der Waals surface area contributed by atoms with Gasteiger partial charge in [-0.15, -0.1) is 0 Å². The third-order valence-corrected chi connectivity index (χ3v) is 6.22. The molecule has 0 aliphatic carbocycles. The first-order valence-corrected chi connectivity index (χ1v) is 11.9. The zero-order valence-corrected chi connectivity index (χ0v) is 19.4. The normalized spacial score (nSPS) is 11.8. The molecule has 0 saturated carbocycles. The highest BCUT2D eigenvalue weighted by Crippen LogP contribution is 2.32. The summed E-state index contributed by atoms with van der Waals surface area (Å²) in [7, 11) is 0. The molecular weight excluding hydrogens is 501 g/mol. The average Bonchev–Trinajstić information content (AvgIpc) is 3.26. The quantitative estimate of drug-likeness (QED) is 0.349. The smallest absolute Gasteiger partial charge is 0.253 e. The lowest BCUT2D eigenvalue weighted by Crippen LogP contribution is -2.28. The fraction of sp³-hybridized carbons (Fsp3) is 0.0870. The summed E-state index contributed by atoms with van der Waals surface area (Å²) < 4.78 is 74.8. The lowest BCUT2D eigenvalue weighted by molar-refractivity contribution is 0.0951. The number of para-hydroxylation sites is 1. The zero-order valence-electron chi connectivity index (χ0n) is 17.8. The van der Waals surface area contributed by atoms with Crippen molar-refractivity contribution in [2.24, 2.45) is 0 Å². The van der Waals surface area contributed by atoms with E-state index in [1.165, 1.54) is 24.3 Å². The largest absolute Gasteiger partial charge is 0.755 e. The number of aromatic nitrogens is 2. The van der Waals surface area contributed by atoms with Crippen LogP contribution in [0.1, 0.15) is 27.2 Å². The molecule has 1 heterocycles. The number of nitrogens with one attached hydrogen (secondary N) is 1. The van der Waals surface area contributed by atoms with Gasteiger partial charge in [-0.25, -0.2) is 13.2 Å². The monoisotopic (exact) mass is 517 g/mol. The molecule has 12 heteroatoms. The molecule has 4 rings (SSSR count). The molecule has 1 aromatic heterocycles. The maximum Gasteiger partial charge on any atom is 0.253 e. The van der Waals surface area contributed by atoms with E-state index >= 15 is 0 Å². The Morgan fingerprint density at radius 1 is 1.00 bits per heavy atom. The maximum absolute atomic E-state index is 14.0. The molecule has 0 fully saturated rings. The molecule has 1 unspecified atom stereocenters. The molecule has 0 radical (unpaired) electrons. The van der Waals surface area contributed by atoms with E-state index in [4.69, 9.17) is 0 Å². The Hall–Kier alpha value is -3.61. The number of carbonyl (C=O) groups excluding carboxylic acids is 1. The molecule has 1 amide bonds. The van der Waals surface area contributed by atoms with Crippen molar-refractivity contribution in [3.8, 4) is 0 Å². The molecule has 0 bridgehead atoms. The van der Waals surface area contributed by atoms with Crippen LogP contribution in [0.25, 0.3) is 0 Å². The van der Waals surface area contributed by atoms with E-state index in [1.54, 1.807) is 0 Å². The highest BCUT2D eigenvalue weighted by Gasteiger charge is 2.24. The van der Waals surface area contributed by atoms with Crippen LogP contribution in [0, 0.1) is 17.5 Å². The molecular formula is C23H16F3N4O3S2-. The maximum atomic E-state index is 14.0. The molecule has 4 aromatic rings. The van der Waals surface area contributed by atoms with E-state index in [2.05, 4.69) is 14.1 Å². The summed E-state index contributed by atoms with van der Waals surface area (Å²) in [5, 5.41) is 2.35. The summed E-state index contributed by atoms with van der Waals surface area (Å²) in [4.78, 5) is 12.9. The Morgan fingerprint density at radius 2 is 1.66 bits per heavy atom. The molecule has 0 aliphatic rings. The molecule has 0 spiro atoms. The van der Waals surface area contributed by atoms with Crippen LogP contribution in [-0.4, -0.2) is 23.4 Å². The first-order valence-electron chi connectivity index (χ1n) is 10.1. The van der Waals surface area contributed by atoms with Crippen LogP contribution in [0.15, 0.2) is 66.7 Å². The minimum Gasteiger partial charge on any atom is -0.755 e. The van der Waals surface area contributed by atoms with Crippen molar-refractivity contribution in [1.29, 1.82) is 0 Å². The molecule has 1 atom stereocenters. The van der Waals surface area contributed by atoms with E-state index < -0.39 is 46.7 Å². The third-order valence-electron chi connectivity index (χ3n) is 4.99. The highest BCUT2D eigenvalue weighted by atomic mass is 32.2. The van der Waals surface area contributed by atoms with Crippen LogP contribution < -0.4 is 9.62 Å². The van der Waals surface area contributed by atoms with Gasteiger partial charge < -0.3 is 9.87 Å². The van der Waals surface area contributed by atoms with Crippen LogP contribution in [0.4, 0.5) is 24.7 Å². The summed E-state index contributed by atoms with van der Waals surface area (Å²) in [5.41, 5.74) is 0.623. The van der Waals surface area contributed by atoms with Gasteiger partial charge in [0.1, 0.15) is 23.1 Å². The Balaban J connectivity index is 1.64. The fourth-order valence-corrected chi connectivity index (χ4v) is 4.58. The average molecular weight is 518 g/mol. The molecule has 180 valence electrons. The van der Waals surface area contributed by atoms with Gasteiger partial charge in [0.05, 0.1) is 34.2 Å². The van der Waals surface area contributed by atoms with Gasteiger partial charge in [0, 0.05) is 30.7 Å². The number of rotatable bonds is 8. The molecule has 35 heavy (non-hydrogen) atoms. The second kappa shape index (κ2) is 10.8. The molecule has 0 saturated heterocycles. The van der Waals surface area contributed by atoms with Gasteiger partial charge in [0.2, 0.25) is 0 Å². The van der Waals surface area contributed by atoms with Gasteiger partial charge in [-0.3, -0.25) is 13.3 Å². The summed E-state index contributed by atoms with van der Waals surface area (Å²) in [6.07, 6.45) is 0.303. The molecule has 1 N–H and O–H groups in total. The number of anilines is 2. The van der Waals surface area contributed by atoms with E-state index in [0.717, 1.165) is 21.6 Å². The van der Waals surface area contributed by atoms with Gasteiger partial charge in [-0.2, -0.15) is 8.75 Å². The zero-order chi connectivity index (χ0) is 24.9. The molecule has 7 nitrogen and oxygen atoms in total. The van der Waals surface area contributed by atoms with Crippen LogP contribution in [-0.2, 0) is 24.2 Å². The topological polar surface area (TPSA) is 98.2 Å². The first kappa shape index (κ1) is 24.5. The van der Waals surface area contributed by atoms with E-state index in [9.17, 15) is 26.7 Å². The van der Waals surface area contributed by atoms with E-state index in [0.29, 0.717) is 24.2 Å². The number of hydrogen-bond acceptors (Lipinski definition) is 6. The molecule has 3 aromatic carbocycles. The van der Waals surface area contributed by atoms with Gasteiger partial charge in [-0.05, 0) is 17.7 Å². The number of benzene rings is 3. The summed E-state index contributed by atoms with van der Waals surface area (Å²) in [5.74, 6) is -4.16. The van der Waals surface area contributed by atoms with Crippen molar-refractivity contribution in [1.82, 2.24) is 14.1 Å². The van der Waals surface area contributed by atoms with Gasteiger partial charge in [0.25, 0.3) is 5.91 Å². The Kier molecular flexibility index (Phi) is 7.54. The Morgan fingerprint density at radius 3 is 2.34 bits per heavy atom. The molecule has 0 aliphatic heterocycles. The minimum absolute atomic E-state index is 0.0274. The third kappa shape index (κ3) is 5.56. The van der Waals surface area contributed by atoms with Crippen LogP contribution >= 0.6 is 11.7 Å². The van der Waals surface area contributed by atoms with Crippen LogP contribution in [0.5, 0.6) is 0 Å². The summed E-state index contributed by atoms with van der Waals surface area (Å²) in [6.45, 7) is -0.580. The number of amides is 1. The van der Waals surface area contributed by atoms with E-state index in [-0.39, 0.29) is 17.1 Å². The Bertz CT molecular complexity index is 1360. The lowest BCUT2D eigenvalue weighted by Gasteiger charge is -2.26. The predicted octanol–water partition coefficient (Wildman–Crippen LogP) is 4.41. The SMILES string of the molecule is O=C(NCc1c(F)cc(F)cc1F)c1ccccc1N(c1nsnc1Cc1ccccc1)S(=O)[O-]. The Labute approximate surface area is 205 Å². The standard InChI is InChI=1S/C23H17F3N4O3S2/c24-15-11-18(25)17(19(26)12-15)13-27-23(31)16-8-4-5-9-21(16)30(35(32)33)22-20(28-34-29-22)10-14-6-2-1-3-7-14/h1-9,11-12H,10,13H2,(H,27,31)(H,32,33)/p-1. The first-order chi connectivity index (χ1) is 16.8. The van der Waals surface area contributed by atoms with Gasteiger partial charge >= 0.3 is 0 Å². The van der Waals surface area contributed by atoms with Crippen LogP contribution in [0.3, 0.4) is 0 Å². The minimum atomic E-state index is -2.88. The highest BCUT2D eigenvalue weighted by molar-refractivity contribution is 7.81. The van der Waals surface area contributed by atoms with Crippen molar-refractivity contribution in [3.05, 3.63) is 107 Å². The van der Waals surface area contributed by atoms with Crippen molar-refractivity contribution < 1.29 is 26.7 Å². The summed E-state index contributed by atoms with van der Waals surface area (Å²) in [6, 6.07) is 16.0. The van der Waals surface area contributed by atoms with Crippen molar-refractivity contribution in [3.63, 3.8) is 0 Å². The number of halogens is 3. The lowest BCUT2D eigenvalue weighted by atomic mass is 10.1. The van der Waals surface area contributed by atoms with Gasteiger partial charge in [0.15, 0.2) is 5.82 Å². The number of hydrogen-bond donors (Lipinski definition) is 1. The van der Waals surface area contributed by atoms with Crippen molar-refractivity contribution >= 4 is 40.4 Å². The summed E-state index contributed by atoms with van der Waals surface area (Å²) >= 11 is -2.06. The van der Waals surface area contributed by atoms with Crippen molar-refractivity contribution in [2.45, 2.75) is 13.0 Å². The van der Waals surface area contributed by atoms with Crippen molar-refractivity contribution in [2.75, 3.05) is 4.31 Å². The number of carbonyl (C=O) groups is 1. The van der Waals surface area contributed by atoms with Crippen LogP contribution in [0.2, 0.25) is 0 Å². The van der Waals surface area contributed by atoms with E-state index in [1.807, 2.05) is 30.3 Å². The second-order valence-electron chi connectivity index (χ2n) is 7.26. The van der Waals surface area contributed by atoms with Gasteiger partial charge in [-0.1, -0.05) is 42.5 Å². The fourth-order valence-electron chi connectivity index (χ4n) is 3.37.